The molecule has 10 nitrogen and oxygen atoms in total. The van der Waals surface area contributed by atoms with Crippen molar-refractivity contribution in [1.29, 1.82) is 0 Å². The van der Waals surface area contributed by atoms with Gasteiger partial charge in [0.15, 0.2) is 11.7 Å². The van der Waals surface area contributed by atoms with E-state index in [0.29, 0.717) is 36.5 Å². The number of fused-ring (bicyclic) bond motifs is 4. The molecule has 7 aromatic rings. The molecule has 0 radical (unpaired) electrons. The van der Waals surface area contributed by atoms with Gasteiger partial charge in [0.2, 0.25) is 0 Å². The molecule has 5 heterocycles. The highest BCUT2D eigenvalue weighted by Gasteiger charge is 2.34. The summed E-state index contributed by atoms with van der Waals surface area (Å²) in [5.41, 5.74) is 10.8. The van der Waals surface area contributed by atoms with Gasteiger partial charge in [-0.25, -0.2) is 4.98 Å². The first-order valence-corrected chi connectivity index (χ1v) is 23.3. The predicted molar refractivity (Wildman–Crippen MR) is 250 cm³/mol. The van der Waals surface area contributed by atoms with Crippen LogP contribution in [0.3, 0.4) is 0 Å². The minimum absolute atomic E-state index is 0.231. The van der Waals surface area contributed by atoms with Crippen molar-refractivity contribution < 1.29 is 14.3 Å². The molecular weight excluding hydrogens is 803 g/mol. The molecule has 4 aromatic carbocycles. The summed E-state index contributed by atoms with van der Waals surface area (Å²) < 4.78 is 14.2. The van der Waals surface area contributed by atoms with Gasteiger partial charge in [-0.3, -0.25) is 14.5 Å². The summed E-state index contributed by atoms with van der Waals surface area (Å²) in [7, 11) is 0. The Labute approximate surface area is 373 Å². The van der Waals surface area contributed by atoms with Gasteiger partial charge in [-0.2, -0.15) is 0 Å². The van der Waals surface area contributed by atoms with Crippen molar-refractivity contribution in [3.05, 3.63) is 171 Å². The number of ether oxygens (including phenoxy) is 1. The second-order valence-corrected chi connectivity index (χ2v) is 18.7. The van der Waals surface area contributed by atoms with Crippen LogP contribution in [0.1, 0.15) is 105 Å². The van der Waals surface area contributed by atoms with Crippen LogP contribution in [-0.2, 0) is 12.8 Å². The molecule has 2 unspecified atom stereocenters. The van der Waals surface area contributed by atoms with E-state index in [4.69, 9.17) is 14.1 Å². The van der Waals surface area contributed by atoms with Crippen LogP contribution in [-0.4, -0.2) is 68.3 Å². The van der Waals surface area contributed by atoms with E-state index in [1.54, 1.807) is 23.8 Å². The van der Waals surface area contributed by atoms with Gasteiger partial charge in [0.05, 0.1) is 18.3 Å². The Morgan fingerprint density at radius 1 is 0.921 bits per heavy atom. The lowest BCUT2D eigenvalue weighted by Crippen LogP contribution is -2.38. The fourth-order valence-electron chi connectivity index (χ4n) is 10.1. The number of aryl methyl sites for hydroxylation is 3. The lowest BCUT2D eigenvalue weighted by atomic mass is 9.69. The number of benzene rings is 4. The topological polar surface area (TPSA) is 114 Å². The Bertz CT molecular complexity index is 2690. The van der Waals surface area contributed by atoms with Crippen LogP contribution in [0.25, 0.3) is 5.00 Å². The van der Waals surface area contributed by atoms with Crippen LogP contribution in [0.2, 0.25) is 0 Å². The third-order valence-corrected chi connectivity index (χ3v) is 14.7. The third-order valence-electron chi connectivity index (χ3n) is 13.5. The first kappa shape index (κ1) is 41.0. The van der Waals surface area contributed by atoms with Crippen LogP contribution in [0.5, 0.6) is 11.5 Å². The van der Waals surface area contributed by atoms with Crippen molar-refractivity contribution >= 4 is 22.7 Å². The molecule has 0 bridgehead atoms. The number of aliphatic imine (C=N–C) groups is 1. The second kappa shape index (κ2) is 18.0. The van der Waals surface area contributed by atoms with Crippen LogP contribution in [0.4, 0.5) is 5.69 Å². The summed E-state index contributed by atoms with van der Waals surface area (Å²) in [4.78, 5) is 13.6. The average Bonchev–Trinajstić information content (AvgIpc) is 4.02. The van der Waals surface area contributed by atoms with E-state index in [1.165, 1.54) is 45.5 Å². The van der Waals surface area contributed by atoms with E-state index in [-0.39, 0.29) is 12.0 Å². The number of aromatic hydroxyl groups is 1. The normalized spacial score (nSPS) is 19.7. The molecule has 1 aliphatic carbocycles. The molecule has 3 aromatic heterocycles. The average molecular weight is 858 g/mol. The molecule has 4 atom stereocenters. The number of hydrogen-bond donors (Lipinski definition) is 2. The second-order valence-electron chi connectivity index (χ2n) is 17.5. The summed E-state index contributed by atoms with van der Waals surface area (Å²) >= 11 is 1.77. The van der Waals surface area contributed by atoms with E-state index >= 15 is 0 Å². The SMILES string of the molecule is Cc1sc2c(c1C)C(c1ccc(NCCC3CCCN(CCOc4ccc([C@@H]5c6ccc(O)cc6CC[C@@H]5c5ccccc5)cc4)C3)cc1)=NC(Cc1ncco1)c1nnc(C)n1-2. The molecule has 3 aliphatic rings. The highest BCUT2D eigenvalue weighted by atomic mass is 32.1. The summed E-state index contributed by atoms with van der Waals surface area (Å²) in [5.74, 6) is 4.81. The maximum atomic E-state index is 10.2. The molecular formula is C52H55N7O3S. The van der Waals surface area contributed by atoms with Gasteiger partial charge >= 0.3 is 0 Å². The van der Waals surface area contributed by atoms with Gasteiger partial charge < -0.3 is 19.6 Å². The summed E-state index contributed by atoms with van der Waals surface area (Å²) in [6.45, 7) is 11.1. The zero-order valence-corrected chi connectivity index (χ0v) is 37.2. The van der Waals surface area contributed by atoms with E-state index in [2.05, 4.69) is 129 Å². The number of nitrogens with one attached hydrogen (secondary N) is 1. The molecule has 1 fully saturated rings. The summed E-state index contributed by atoms with van der Waals surface area (Å²) in [6.07, 6.45) is 9.41. The summed E-state index contributed by atoms with van der Waals surface area (Å²) in [6, 6.07) is 34.0. The molecule has 10 rings (SSSR count). The van der Waals surface area contributed by atoms with Crippen molar-refractivity contribution in [1.82, 2.24) is 24.6 Å². The number of anilines is 1. The summed E-state index contributed by atoms with van der Waals surface area (Å²) in [5, 5.41) is 24.1. The Balaban J connectivity index is 0.740. The standard InChI is InChI=1S/C52H55N7O3S/c1-33-34(2)63-52-48(33)50(55-46(31-47-54-25-28-62-47)51-57-56-35(3)59(51)52)39-11-16-41(17-12-39)53-24-23-36-8-7-26-58(32-36)27-29-61-43-19-13-38(14-20-43)49-44(37-9-5-4-6-10-37)21-15-40-30-42(60)18-22-45(40)49/h4-6,9-14,16-20,22,25,28,30,36,44,46,49,53,60H,7-8,15,21,23-24,26-27,29,31-32H2,1-3H3/t36?,44-,46?,49+/m1/s1. The number of piperidine rings is 1. The largest absolute Gasteiger partial charge is 0.508 e. The Morgan fingerprint density at radius 3 is 2.57 bits per heavy atom. The van der Waals surface area contributed by atoms with Crippen molar-refractivity contribution in [2.45, 2.75) is 77.2 Å². The molecule has 322 valence electrons. The molecule has 2 aliphatic heterocycles. The number of likely N-dealkylation sites (tertiary alicyclic amines) is 1. The highest BCUT2D eigenvalue weighted by molar-refractivity contribution is 7.15. The minimum Gasteiger partial charge on any atom is -0.508 e. The van der Waals surface area contributed by atoms with Gasteiger partial charge in [0.25, 0.3) is 0 Å². The molecule has 11 heteroatoms. The lowest BCUT2D eigenvalue weighted by molar-refractivity contribution is 0.144. The van der Waals surface area contributed by atoms with Gasteiger partial charge in [0.1, 0.15) is 41.2 Å². The van der Waals surface area contributed by atoms with E-state index in [9.17, 15) is 5.11 Å². The lowest BCUT2D eigenvalue weighted by Gasteiger charge is -2.35. The van der Waals surface area contributed by atoms with E-state index < -0.39 is 0 Å². The molecule has 63 heavy (non-hydrogen) atoms. The van der Waals surface area contributed by atoms with Gasteiger partial charge in [-0.1, -0.05) is 60.7 Å². The number of nitrogens with zero attached hydrogens (tertiary/aromatic N) is 6. The van der Waals surface area contributed by atoms with Gasteiger partial charge in [0, 0.05) is 47.2 Å². The van der Waals surface area contributed by atoms with Gasteiger partial charge in [-0.05, 0) is 135 Å². The molecule has 2 N–H and O–H groups in total. The predicted octanol–water partition coefficient (Wildman–Crippen LogP) is 10.5. The fraction of sp³-hybridized carbons (Fsp3) is 0.346. The quantitative estimate of drug-likeness (QED) is 0.118. The van der Waals surface area contributed by atoms with Crippen molar-refractivity contribution in [2.75, 3.05) is 38.1 Å². The van der Waals surface area contributed by atoms with Crippen LogP contribution >= 0.6 is 11.3 Å². The molecule has 0 saturated carbocycles. The van der Waals surface area contributed by atoms with Crippen LogP contribution < -0.4 is 10.1 Å². The monoisotopic (exact) mass is 857 g/mol. The smallest absolute Gasteiger partial charge is 0.196 e. The zero-order chi connectivity index (χ0) is 42.9. The van der Waals surface area contributed by atoms with Gasteiger partial charge in [-0.15, -0.1) is 21.5 Å². The zero-order valence-electron chi connectivity index (χ0n) is 36.3. The number of oxazole rings is 1. The fourth-order valence-corrected chi connectivity index (χ4v) is 11.4. The highest BCUT2D eigenvalue weighted by Crippen LogP contribution is 2.47. The molecule has 0 amide bonds. The van der Waals surface area contributed by atoms with E-state index in [1.807, 2.05) is 19.1 Å². The number of rotatable bonds is 13. The minimum atomic E-state index is -0.290. The first-order chi connectivity index (χ1) is 30.9. The Hall–Kier alpha value is -6.04. The number of hydrogen-bond acceptors (Lipinski definition) is 10. The first-order valence-electron chi connectivity index (χ1n) is 22.5. The number of phenols is 1. The van der Waals surface area contributed by atoms with Crippen molar-refractivity contribution in [2.24, 2.45) is 10.9 Å². The van der Waals surface area contributed by atoms with Crippen LogP contribution in [0.15, 0.2) is 119 Å². The Kier molecular flexibility index (Phi) is 11.7. The third kappa shape index (κ3) is 8.56. The molecule has 0 spiro atoms. The molecule has 1 saturated heterocycles. The number of aromatic nitrogens is 4. The van der Waals surface area contributed by atoms with E-state index in [0.717, 1.165) is 90.4 Å². The Morgan fingerprint density at radius 2 is 1.76 bits per heavy atom. The maximum absolute atomic E-state index is 10.2. The van der Waals surface area contributed by atoms with Crippen molar-refractivity contribution in [3.8, 4) is 16.5 Å². The van der Waals surface area contributed by atoms with Crippen LogP contribution in [0, 0.1) is 26.7 Å². The number of phenolic OH excluding ortho intramolecular Hbond substituents is 1. The maximum Gasteiger partial charge on any atom is 0.196 e. The van der Waals surface area contributed by atoms with Crippen molar-refractivity contribution in [3.63, 3.8) is 0 Å². The number of thiophene rings is 1.